The van der Waals surface area contributed by atoms with Gasteiger partial charge in [0.2, 0.25) is 0 Å². The summed E-state index contributed by atoms with van der Waals surface area (Å²) in [6.45, 7) is 9.51. The van der Waals surface area contributed by atoms with E-state index < -0.39 is 97.5 Å². The molecular weight excluding hydrogens is 1250 g/mol. The van der Waals surface area contributed by atoms with Crippen LogP contribution < -0.4 is 0 Å². The molecule has 0 radical (unpaired) electrons. The van der Waals surface area contributed by atoms with Crippen molar-refractivity contribution in [3.8, 4) is 0 Å². The monoisotopic (exact) mass is 1400 g/mol. The van der Waals surface area contributed by atoms with Crippen molar-refractivity contribution in [2.45, 2.75) is 413 Å². The molecule has 0 aromatic carbocycles. The van der Waals surface area contributed by atoms with E-state index in [0.717, 1.165) is 95.8 Å². The lowest BCUT2D eigenvalue weighted by molar-refractivity contribution is -0.161. The molecule has 0 aromatic rings. The Hall–Kier alpha value is -1.94. The minimum atomic E-state index is -4.96. The third kappa shape index (κ3) is 70.3. The van der Waals surface area contributed by atoms with Crippen molar-refractivity contribution in [3.05, 3.63) is 0 Å². The number of aliphatic hydroxyl groups excluding tert-OH is 1. The predicted molar refractivity (Wildman–Crippen MR) is 386 cm³/mol. The van der Waals surface area contributed by atoms with Crippen LogP contribution in [0, 0.1) is 11.8 Å². The van der Waals surface area contributed by atoms with E-state index >= 15 is 0 Å². The van der Waals surface area contributed by atoms with Crippen LogP contribution >= 0.6 is 15.6 Å². The number of carbonyl (C=O) groups is 4. The van der Waals surface area contributed by atoms with Crippen LogP contribution in [0.5, 0.6) is 0 Å². The SMILES string of the molecule is CCCCCCCCCCCCCCCCCCCCCC(=O)O[C@H](COC(=O)CCCCCCCCCCCCCCCCCC(C)C)COP(=O)(O)OC[C@@H](O)COP(=O)(O)OC[C@@H](COC(=O)CCCCCCCCCCC)OC(=O)CCCCCCCCC(C)C. The Balaban J connectivity index is 5.18. The second kappa shape index (κ2) is 67.9. The molecular formula is C76H148O17P2. The number of phosphoric ester groups is 2. The molecule has 3 N–H and O–H groups in total. The highest BCUT2D eigenvalue weighted by atomic mass is 31.2. The van der Waals surface area contributed by atoms with E-state index in [1.165, 1.54) is 212 Å². The summed E-state index contributed by atoms with van der Waals surface area (Å²) in [5.74, 6) is -0.646. The average Bonchev–Trinajstić information content (AvgIpc) is 1.94. The largest absolute Gasteiger partial charge is 0.472 e. The number of rotatable bonds is 75. The van der Waals surface area contributed by atoms with E-state index in [0.29, 0.717) is 31.6 Å². The van der Waals surface area contributed by atoms with Crippen molar-refractivity contribution in [1.82, 2.24) is 0 Å². The second-order valence-electron chi connectivity index (χ2n) is 28.3. The lowest BCUT2D eigenvalue weighted by atomic mass is 10.0. The van der Waals surface area contributed by atoms with E-state index in [9.17, 15) is 43.2 Å². The maximum absolute atomic E-state index is 13.1. The van der Waals surface area contributed by atoms with Gasteiger partial charge in [0.15, 0.2) is 12.2 Å². The summed E-state index contributed by atoms with van der Waals surface area (Å²) in [5, 5.41) is 10.6. The lowest BCUT2D eigenvalue weighted by Crippen LogP contribution is -2.30. The van der Waals surface area contributed by atoms with E-state index in [1.807, 2.05) is 0 Å². The minimum absolute atomic E-state index is 0.102. The molecule has 19 heteroatoms. The molecule has 0 amide bonds. The molecule has 564 valence electrons. The molecule has 95 heavy (non-hydrogen) atoms. The van der Waals surface area contributed by atoms with Gasteiger partial charge in [-0.25, -0.2) is 9.13 Å². The molecule has 0 heterocycles. The smallest absolute Gasteiger partial charge is 0.462 e. The summed E-state index contributed by atoms with van der Waals surface area (Å²) in [5.41, 5.74) is 0. The van der Waals surface area contributed by atoms with Gasteiger partial charge < -0.3 is 33.8 Å². The van der Waals surface area contributed by atoms with Crippen molar-refractivity contribution in [2.75, 3.05) is 39.6 Å². The van der Waals surface area contributed by atoms with Crippen LogP contribution in [-0.2, 0) is 65.4 Å². The molecule has 0 aromatic heterocycles. The fraction of sp³-hybridized carbons (Fsp3) is 0.947. The zero-order valence-corrected chi connectivity index (χ0v) is 63.8. The number of phosphoric acid groups is 2. The summed E-state index contributed by atoms with van der Waals surface area (Å²) in [6.07, 6.45) is 55.8. The number of ether oxygens (including phenoxy) is 4. The van der Waals surface area contributed by atoms with Crippen LogP contribution in [0.15, 0.2) is 0 Å². The number of carbonyl (C=O) groups excluding carboxylic acids is 4. The van der Waals surface area contributed by atoms with Crippen LogP contribution in [0.1, 0.15) is 395 Å². The van der Waals surface area contributed by atoms with E-state index in [4.69, 9.17) is 37.0 Å². The molecule has 2 unspecified atom stereocenters. The van der Waals surface area contributed by atoms with Crippen LogP contribution in [0.3, 0.4) is 0 Å². The van der Waals surface area contributed by atoms with Gasteiger partial charge in [-0.05, 0) is 37.5 Å². The quantitative estimate of drug-likeness (QED) is 0.0222. The fourth-order valence-corrected chi connectivity index (χ4v) is 13.2. The Morgan fingerprint density at radius 3 is 0.716 bits per heavy atom. The first-order chi connectivity index (χ1) is 45.9. The van der Waals surface area contributed by atoms with Crippen molar-refractivity contribution < 1.29 is 80.2 Å². The second-order valence-corrected chi connectivity index (χ2v) is 31.3. The zero-order chi connectivity index (χ0) is 70.0. The van der Waals surface area contributed by atoms with Crippen LogP contribution in [0.2, 0.25) is 0 Å². The van der Waals surface area contributed by atoms with Crippen molar-refractivity contribution in [2.24, 2.45) is 11.8 Å². The lowest BCUT2D eigenvalue weighted by Gasteiger charge is -2.21. The van der Waals surface area contributed by atoms with E-state index in [2.05, 4.69) is 41.5 Å². The maximum atomic E-state index is 13.1. The first-order valence-electron chi connectivity index (χ1n) is 39.5. The van der Waals surface area contributed by atoms with Gasteiger partial charge in [-0.3, -0.25) is 37.3 Å². The van der Waals surface area contributed by atoms with Gasteiger partial charge in [-0.1, -0.05) is 343 Å². The Bertz CT molecular complexity index is 1840. The number of hydrogen-bond acceptors (Lipinski definition) is 15. The zero-order valence-electron chi connectivity index (χ0n) is 62.0. The van der Waals surface area contributed by atoms with Gasteiger partial charge in [0.05, 0.1) is 26.4 Å². The molecule has 0 bridgehead atoms. The molecule has 17 nitrogen and oxygen atoms in total. The molecule has 0 aliphatic carbocycles. The summed E-state index contributed by atoms with van der Waals surface area (Å²) < 4.78 is 68.4. The Kier molecular flexibility index (Phi) is 66.5. The third-order valence-electron chi connectivity index (χ3n) is 17.7. The standard InChI is InChI=1S/C76H148O17P2/c1-7-9-11-13-15-17-18-19-20-21-22-23-26-30-33-37-41-48-54-60-75(80)92-71(64-87-74(79)59-53-47-40-36-32-29-27-24-25-28-31-35-38-44-50-56-68(3)4)66-90-94(82,83)88-62-70(77)63-89-95(84,85)91-67-72(93-76(81)61-55-49-43-42-45-51-57-69(5)6)65-86-73(78)58-52-46-39-34-16-14-12-10-8-2/h68-72,77H,7-67H2,1-6H3,(H,82,83)(H,84,85)/t70-,71-,72-/m1/s1. The van der Waals surface area contributed by atoms with Gasteiger partial charge in [0, 0.05) is 25.7 Å². The normalized spacial score (nSPS) is 14.0. The van der Waals surface area contributed by atoms with Gasteiger partial charge in [-0.15, -0.1) is 0 Å². The fourth-order valence-electron chi connectivity index (χ4n) is 11.7. The number of esters is 4. The molecule has 0 aliphatic rings. The Morgan fingerprint density at radius 2 is 0.484 bits per heavy atom. The topological polar surface area (TPSA) is 237 Å². The highest BCUT2D eigenvalue weighted by molar-refractivity contribution is 7.47. The van der Waals surface area contributed by atoms with Gasteiger partial charge in [0.25, 0.3) is 0 Å². The molecule has 0 saturated carbocycles. The summed E-state index contributed by atoms with van der Waals surface area (Å²) in [6, 6.07) is 0. The summed E-state index contributed by atoms with van der Waals surface area (Å²) in [7, 11) is -9.91. The van der Waals surface area contributed by atoms with Gasteiger partial charge in [-0.2, -0.15) is 0 Å². The van der Waals surface area contributed by atoms with Crippen LogP contribution in [-0.4, -0.2) is 96.7 Å². The van der Waals surface area contributed by atoms with Gasteiger partial charge in [0.1, 0.15) is 19.3 Å². The molecule has 0 saturated heterocycles. The first-order valence-corrected chi connectivity index (χ1v) is 42.5. The highest BCUT2D eigenvalue weighted by Crippen LogP contribution is 2.45. The minimum Gasteiger partial charge on any atom is -0.462 e. The average molecular weight is 1400 g/mol. The molecule has 5 atom stereocenters. The first kappa shape index (κ1) is 93.1. The molecule has 0 fully saturated rings. The number of aliphatic hydroxyl groups is 1. The third-order valence-corrected chi connectivity index (χ3v) is 19.6. The summed E-state index contributed by atoms with van der Waals surface area (Å²) >= 11 is 0. The molecule has 0 rings (SSSR count). The Labute approximate surface area is 581 Å². The van der Waals surface area contributed by atoms with Gasteiger partial charge >= 0.3 is 39.5 Å². The van der Waals surface area contributed by atoms with E-state index in [1.54, 1.807) is 0 Å². The van der Waals surface area contributed by atoms with Crippen molar-refractivity contribution >= 4 is 39.5 Å². The van der Waals surface area contributed by atoms with Crippen LogP contribution in [0.25, 0.3) is 0 Å². The number of unbranched alkanes of at least 4 members (excludes halogenated alkanes) is 45. The Morgan fingerprint density at radius 1 is 0.284 bits per heavy atom. The molecule has 0 aliphatic heterocycles. The number of hydrogen-bond donors (Lipinski definition) is 3. The van der Waals surface area contributed by atoms with E-state index in [-0.39, 0.29) is 25.7 Å². The summed E-state index contributed by atoms with van der Waals surface area (Å²) in [4.78, 5) is 72.7. The maximum Gasteiger partial charge on any atom is 0.472 e. The predicted octanol–water partition coefficient (Wildman–Crippen LogP) is 22.3. The van der Waals surface area contributed by atoms with Crippen LogP contribution in [0.4, 0.5) is 0 Å². The van der Waals surface area contributed by atoms with Crippen molar-refractivity contribution in [3.63, 3.8) is 0 Å². The molecule has 0 spiro atoms. The van der Waals surface area contributed by atoms with Crippen molar-refractivity contribution in [1.29, 1.82) is 0 Å². The highest BCUT2D eigenvalue weighted by Gasteiger charge is 2.30.